The van der Waals surface area contributed by atoms with Crippen LogP contribution in [0.5, 0.6) is 0 Å². The fourth-order valence-corrected chi connectivity index (χ4v) is 2.18. The molecular formula is C13H21NO5. The van der Waals surface area contributed by atoms with Crippen molar-refractivity contribution in [3.63, 3.8) is 0 Å². The molecule has 6 nitrogen and oxygen atoms in total. The van der Waals surface area contributed by atoms with Crippen molar-refractivity contribution >= 4 is 11.9 Å². The van der Waals surface area contributed by atoms with Gasteiger partial charge in [-0.15, -0.1) is 0 Å². The van der Waals surface area contributed by atoms with E-state index in [0.717, 1.165) is 13.1 Å². The second kappa shape index (κ2) is 7.25. The predicted octanol–water partition coefficient (Wildman–Crippen LogP) is 0.831. The van der Waals surface area contributed by atoms with E-state index in [0.29, 0.717) is 19.8 Å². The molecule has 2 N–H and O–H groups in total. The molecule has 0 radical (unpaired) electrons. The van der Waals surface area contributed by atoms with Crippen LogP contribution in [0.25, 0.3) is 0 Å². The number of ether oxygens (including phenoxy) is 1. The van der Waals surface area contributed by atoms with Crippen molar-refractivity contribution in [2.75, 3.05) is 32.8 Å². The summed E-state index contributed by atoms with van der Waals surface area (Å²) in [6.07, 6.45) is 0.245. The number of nitrogens with zero attached hydrogens (tertiary/aromatic N) is 1. The van der Waals surface area contributed by atoms with Gasteiger partial charge in [0, 0.05) is 30.8 Å². The quantitative estimate of drug-likeness (QED) is 0.696. The summed E-state index contributed by atoms with van der Waals surface area (Å²) in [6, 6.07) is 0. The van der Waals surface area contributed by atoms with Crippen LogP contribution >= 0.6 is 0 Å². The fourth-order valence-electron chi connectivity index (χ4n) is 2.18. The molecule has 0 atom stereocenters. The monoisotopic (exact) mass is 271 g/mol. The highest BCUT2D eigenvalue weighted by Gasteiger charge is 2.23. The summed E-state index contributed by atoms with van der Waals surface area (Å²) in [5, 5.41) is 18.4. The Morgan fingerprint density at radius 3 is 2.16 bits per heavy atom. The molecule has 1 aliphatic heterocycles. The van der Waals surface area contributed by atoms with Gasteiger partial charge in [-0.3, -0.25) is 4.90 Å². The lowest BCUT2D eigenvalue weighted by molar-refractivity contribution is -0.136. The van der Waals surface area contributed by atoms with E-state index in [-0.39, 0.29) is 23.5 Å². The SMILES string of the molecule is CC(C)C(C(=O)O)=C(CCN1CCOCC1)C(=O)O. The van der Waals surface area contributed by atoms with Gasteiger partial charge in [-0.25, -0.2) is 9.59 Å². The zero-order chi connectivity index (χ0) is 14.4. The maximum atomic E-state index is 11.3. The van der Waals surface area contributed by atoms with Crippen LogP contribution in [0.15, 0.2) is 11.1 Å². The van der Waals surface area contributed by atoms with Crippen molar-refractivity contribution in [2.24, 2.45) is 5.92 Å². The molecule has 1 rings (SSSR count). The minimum atomic E-state index is -1.14. The van der Waals surface area contributed by atoms with Crippen molar-refractivity contribution in [3.05, 3.63) is 11.1 Å². The number of aliphatic carboxylic acids is 2. The fraction of sp³-hybridized carbons (Fsp3) is 0.692. The molecule has 1 saturated heterocycles. The van der Waals surface area contributed by atoms with E-state index in [1.165, 1.54) is 0 Å². The van der Waals surface area contributed by atoms with Gasteiger partial charge in [0.1, 0.15) is 0 Å². The Balaban J connectivity index is 2.78. The first-order valence-corrected chi connectivity index (χ1v) is 6.43. The molecule has 0 saturated carbocycles. The molecule has 0 aliphatic carbocycles. The van der Waals surface area contributed by atoms with Gasteiger partial charge in [-0.2, -0.15) is 0 Å². The number of hydrogen-bond acceptors (Lipinski definition) is 4. The highest BCUT2D eigenvalue weighted by molar-refractivity contribution is 5.99. The predicted molar refractivity (Wildman–Crippen MR) is 69.0 cm³/mol. The van der Waals surface area contributed by atoms with Crippen LogP contribution in [0.1, 0.15) is 20.3 Å². The molecule has 0 aromatic rings. The van der Waals surface area contributed by atoms with E-state index in [9.17, 15) is 14.7 Å². The number of hydrogen-bond donors (Lipinski definition) is 2. The Labute approximate surface area is 112 Å². The van der Waals surface area contributed by atoms with Crippen LogP contribution in [-0.4, -0.2) is 59.9 Å². The first kappa shape index (κ1) is 15.7. The third-order valence-electron chi connectivity index (χ3n) is 3.17. The Morgan fingerprint density at radius 1 is 1.16 bits per heavy atom. The third kappa shape index (κ3) is 4.65. The summed E-state index contributed by atoms with van der Waals surface area (Å²) in [5.41, 5.74) is 0.00903. The summed E-state index contributed by atoms with van der Waals surface area (Å²) < 4.78 is 5.21. The van der Waals surface area contributed by atoms with Crippen LogP contribution in [0, 0.1) is 5.92 Å². The second-order valence-electron chi connectivity index (χ2n) is 4.86. The molecule has 0 aromatic carbocycles. The summed E-state index contributed by atoms with van der Waals surface area (Å²) in [6.45, 7) is 6.74. The van der Waals surface area contributed by atoms with E-state index in [2.05, 4.69) is 4.90 Å². The zero-order valence-corrected chi connectivity index (χ0v) is 11.4. The zero-order valence-electron chi connectivity index (χ0n) is 11.4. The topological polar surface area (TPSA) is 87.1 Å². The van der Waals surface area contributed by atoms with Gasteiger partial charge < -0.3 is 14.9 Å². The smallest absolute Gasteiger partial charge is 0.332 e. The average molecular weight is 271 g/mol. The molecule has 0 unspecified atom stereocenters. The molecule has 0 bridgehead atoms. The summed E-state index contributed by atoms with van der Waals surface area (Å²) in [7, 11) is 0. The minimum absolute atomic E-state index is 0.000703. The summed E-state index contributed by atoms with van der Waals surface area (Å²) in [5.74, 6) is -2.60. The number of morpholine rings is 1. The van der Waals surface area contributed by atoms with Crippen molar-refractivity contribution in [1.29, 1.82) is 0 Å². The van der Waals surface area contributed by atoms with E-state index in [1.807, 2.05) is 0 Å². The van der Waals surface area contributed by atoms with Crippen molar-refractivity contribution in [3.8, 4) is 0 Å². The molecule has 19 heavy (non-hydrogen) atoms. The van der Waals surface area contributed by atoms with Crippen molar-refractivity contribution in [1.82, 2.24) is 4.90 Å². The number of carboxylic acid groups (broad SMARTS) is 2. The third-order valence-corrected chi connectivity index (χ3v) is 3.17. The lowest BCUT2D eigenvalue weighted by Crippen LogP contribution is -2.37. The molecule has 1 aliphatic rings. The van der Waals surface area contributed by atoms with E-state index < -0.39 is 11.9 Å². The highest BCUT2D eigenvalue weighted by atomic mass is 16.5. The van der Waals surface area contributed by atoms with Gasteiger partial charge in [0.15, 0.2) is 0 Å². The average Bonchev–Trinajstić information content (AvgIpc) is 2.34. The molecule has 6 heteroatoms. The minimum Gasteiger partial charge on any atom is -0.478 e. The van der Waals surface area contributed by atoms with Crippen LogP contribution < -0.4 is 0 Å². The maximum absolute atomic E-state index is 11.3. The van der Waals surface area contributed by atoms with Gasteiger partial charge in [-0.1, -0.05) is 13.8 Å². The molecule has 1 fully saturated rings. The van der Waals surface area contributed by atoms with E-state index in [1.54, 1.807) is 13.8 Å². The highest BCUT2D eigenvalue weighted by Crippen LogP contribution is 2.19. The van der Waals surface area contributed by atoms with E-state index >= 15 is 0 Å². The molecule has 0 amide bonds. The van der Waals surface area contributed by atoms with Gasteiger partial charge in [-0.05, 0) is 12.3 Å². The van der Waals surface area contributed by atoms with Gasteiger partial charge in [0.05, 0.1) is 13.2 Å². The van der Waals surface area contributed by atoms with E-state index in [4.69, 9.17) is 9.84 Å². The molecule has 108 valence electrons. The first-order chi connectivity index (χ1) is 8.93. The first-order valence-electron chi connectivity index (χ1n) is 6.43. The number of carboxylic acids is 2. The largest absolute Gasteiger partial charge is 0.478 e. The van der Waals surface area contributed by atoms with Crippen LogP contribution in [-0.2, 0) is 14.3 Å². The van der Waals surface area contributed by atoms with Crippen LogP contribution in [0.2, 0.25) is 0 Å². The van der Waals surface area contributed by atoms with Crippen molar-refractivity contribution in [2.45, 2.75) is 20.3 Å². The molecule has 0 aromatic heterocycles. The number of rotatable bonds is 6. The van der Waals surface area contributed by atoms with Gasteiger partial charge >= 0.3 is 11.9 Å². The van der Waals surface area contributed by atoms with Crippen LogP contribution in [0.4, 0.5) is 0 Å². The standard InChI is InChI=1S/C13H21NO5/c1-9(2)11(13(17)18)10(12(15)16)3-4-14-5-7-19-8-6-14/h9H,3-8H2,1-2H3,(H,15,16)(H,17,18). The van der Waals surface area contributed by atoms with Gasteiger partial charge in [0.25, 0.3) is 0 Å². The molecule has 0 spiro atoms. The Morgan fingerprint density at radius 2 is 1.74 bits per heavy atom. The molecule has 1 heterocycles. The lowest BCUT2D eigenvalue weighted by atomic mass is 9.95. The lowest BCUT2D eigenvalue weighted by Gasteiger charge is -2.26. The summed E-state index contributed by atoms with van der Waals surface area (Å²) >= 11 is 0. The normalized spacial score (nSPS) is 18.3. The van der Waals surface area contributed by atoms with Crippen LogP contribution in [0.3, 0.4) is 0 Å². The summed E-state index contributed by atoms with van der Waals surface area (Å²) in [4.78, 5) is 24.5. The number of carbonyl (C=O) groups is 2. The van der Waals surface area contributed by atoms with Gasteiger partial charge in [0.2, 0.25) is 0 Å². The Kier molecular flexibility index (Phi) is 5.98. The Bertz CT molecular complexity index is 369. The molecular weight excluding hydrogens is 250 g/mol. The maximum Gasteiger partial charge on any atom is 0.332 e. The Hall–Kier alpha value is -1.40. The van der Waals surface area contributed by atoms with Crippen molar-refractivity contribution < 1.29 is 24.5 Å². The second-order valence-corrected chi connectivity index (χ2v) is 4.86.